The van der Waals surface area contributed by atoms with Crippen LogP contribution < -0.4 is 0 Å². The summed E-state index contributed by atoms with van der Waals surface area (Å²) in [5.41, 5.74) is 3.72. The molecule has 0 spiro atoms. The summed E-state index contributed by atoms with van der Waals surface area (Å²) in [6, 6.07) is 22.8. The SMILES string of the molecule is Cn1c(SCc2ccc(-c3ccccc3)cc2)nnc1-c1ccco1. The molecule has 25 heavy (non-hydrogen) atoms. The fourth-order valence-electron chi connectivity index (χ4n) is 2.63. The number of nitrogens with zero attached hydrogens (tertiary/aromatic N) is 3. The number of benzene rings is 2. The molecule has 0 amide bonds. The number of thioether (sulfide) groups is 1. The number of hydrogen-bond acceptors (Lipinski definition) is 4. The van der Waals surface area contributed by atoms with Crippen LogP contribution in [0.4, 0.5) is 0 Å². The van der Waals surface area contributed by atoms with Gasteiger partial charge in [0, 0.05) is 12.8 Å². The van der Waals surface area contributed by atoms with Gasteiger partial charge in [-0.2, -0.15) is 0 Å². The van der Waals surface area contributed by atoms with Crippen LogP contribution in [-0.2, 0) is 12.8 Å². The predicted molar refractivity (Wildman–Crippen MR) is 100 cm³/mol. The van der Waals surface area contributed by atoms with Crippen molar-refractivity contribution in [2.24, 2.45) is 7.05 Å². The van der Waals surface area contributed by atoms with E-state index in [2.05, 4.69) is 58.7 Å². The molecule has 0 saturated carbocycles. The van der Waals surface area contributed by atoms with Crippen LogP contribution in [0.25, 0.3) is 22.7 Å². The maximum absolute atomic E-state index is 5.40. The van der Waals surface area contributed by atoms with Gasteiger partial charge in [-0.15, -0.1) is 10.2 Å². The van der Waals surface area contributed by atoms with Gasteiger partial charge in [0.2, 0.25) is 0 Å². The van der Waals surface area contributed by atoms with E-state index in [1.165, 1.54) is 16.7 Å². The summed E-state index contributed by atoms with van der Waals surface area (Å²) in [4.78, 5) is 0. The number of hydrogen-bond donors (Lipinski definition) is 0. The van der Waals surface area contributed by atoms with Gasteiger partial charge in [0.1, 0.15) is 0 Å². The second-order valence-electron chi connectivity index (χ2n) is 5.69. The fourth-order valence-corrected chi connectivity index (χ4v) is 3.50. The Hall–Kier alpha value is -2.79. The third kappa shape index (κ3) is 3.37. The Labute approximate surface area is 150 Å². The predicted octanol–water partition coefficient (Wildman–Crippen LogP) is 5.03. The fraction of sp³-hybridized carbons (Fsp3) is 0.100. The van der Waals surface area contributed by atoms with Gasteiger partial charge in [-0.05, 0) is 28.8 Å². The second-order valence-corrected chi connectivity index (χ2v) is 6.64. The van der Waals surface area contributed by atoms with Crippen molar-refractivity contribution < 1.29 is 4.42 Å². The van der Waals surface area contributed by atoms with Crippen molar-refractivity contribution in [3.05, 3.63) is 78.6 Å². The molecular formula is C20H17N3OS. The zero-order chi connectivity index (χ0) is 17.1. The molecule has 0 atom stereocenters. The van der Waals surface area contributed by atoms with Crippen LogP contribution in [0.15, 0.2) is 82.6 Å². The average Bonchev–Trinajstić information content (AvgIpc) is 3.31. The molecule has 0 saturated heterocycles. The average molecular weight is 347 g/mol. The summed E-state index contributed by atoms with van der Waals surface area (Å²) in [5.74, 6) is 2.32. The first kappa shape index (κ1) is 15.7. The van der Waals surface area contributed by atoms with Crippen LogP contribution in [0.2, 0.25) is 0 Å². The first-order chi connectivity index (χ1) is 12.3. The molecule has 2 aromatic carbocycles. The Balaban J connectivity index is 1.45. The van der Waals surface area contributed by atoms with E-state index >= 15 is 0 Å². The van der Waals surface area contributed by atoms with E-state index < -0.39 is 0 Å². The van der Waals surface area contributed by atoms with E-state index in [4.69, 9.17) is 4.42 Å². The van der Waals surface area contributed by atoms with Crippen molar-refractivity contribution in [3.8, 4) is 22.7 Å². The van der Waals surface area contributed by atoms with Gasteiger partial charge in [-0.1, -0.05) is 66.4 Å². The molecule has 0 aliphatic carbocycles. The minimum atomic E-state index is 0.731. The van der Waals surface area contributed by atoms with Crippen molar-refractivity contribution in [3.63, 3.8) is 0 Å². The molecule has 5 heteroatoms. The van der Waals surface area contributed by atoms with Crippen LogP contribution in [0.5, 0.6) is 0 Å². The molecular weight excluding hydrogens is 330 g/mol. The largest absolute Gasteiger partial charge is 0.461 e. The van der Waals surface area contributed by atoms with Gasteiger partial charge in [0.25, 0.3) is 0 Å². The van der Waals surface area contributed by atoms with Crippen LogP contribution in [0, 0.1) is 0 Å². The summed E-state index contributed by atoms with van der Waals surface area (Å²) in [7, 11) is 1.96. The number of rotatable bonds is 5. The van der Waals surface area contributed by atoms with Crippen LogP contribution in [0.3, 0.4) is 0 Å². The molecule has 2 heterocycles. The molecule has 0 unspecified atom stereocenters. The summed E-state index contributed by atoms with van der Waals surface area (Å²) >= 11 is 1.67. The maximum Gasteiger partial charge on any atom is 0.200 e. The number of furan rings is 1. The highest BCUT2D eigenvalue weighted by Gasteiger charge is 2.13. The standard InChI is InChI=1S/C20H17N3OS/c1-23-19(18-8-5-13-24-18)21-22-20(23)25-14-15-9-11-17(12-10-15)16-6-3-2-4-7-16/h2-13H,14H2,1H3. The van der Waals surface area contributed by atoms with Gasteiger partial charge in [0.05, 0.1) is 6.26 Å². The second kappa shape index (κ2) is 6.99. The first-order valence-corrected chi connectivity index (χ1v) is 9.00. The smallest absolute Gasteiger partial charge is 0.200 e. The molecule has 2 aromatic heterocycles. The van der Waals surface area contributed by atoms with Crippen molar-refractivity contribution in [2.45, 2.75) is 10.9 Å². The zero-order valence-corrected chi connectivity index (χ0v) is 14.6. The van der Waals surface area contributed by atoms with Crippen LogP contribution in [-0.4, -0.2) is 14.8 Å². The lowest BCUT2D eigenvalue weighted by atomic mass is 10.0. The third-order valence-electron chi connectivity index (χ3n) is 4.01. The lowest BCUT2D eigenvalue weighted by molar-refractivity contribution is 0.572. The molecule has 0 fully saturated rings. The Morgan fingerprint density at radius 2 is 1.64 bits per heavy atom. The Morgan fingerprint density at radius 1 is 0.880 bits per heavy atom. The normalized spacial score (nSPS) is 10.9. The molecule has 0 N–H and O–H groups in total. The monoisotopic (exact) mass is 347 g/mol. The zero-order valence-electron chi connectivity index (χ0n) is 13.8. The van der Waals surface area contributed by atoms with Gasteiger partial charge < -0.3 is 8.98 Å². The Bertz CT molecular complexity index is 945. The van der Waals surface area contributed by atoms with Crippen LogP contribution in [0.1, 0.15) is 5.56 Å². The van der Waals surface area contributed by atoms with E-state index in [0.29, 0.717) is 0 Å². The van der Waals surface area contributed by atoms with Crippen molar-refractivity contribution in [2.75, 3.05) is 0 Å². The molecule has 0 aliphatic rings. The number of aromatic nitrogens is 3. The van der Waals surface area contributed by atoms with E-state index in [9.17, 15) is 0 Å². The minimum Gasteiger partial charge on any atom is -0.461 e. The molecule has 4 rings (SSSR count). The molecule has 4 nitrogen and oxygen atoms in total. The maximum atomic E-state index is 5.40. The van der Waals surface area contributed by atoms with E-state index in [-0.39, 0.29) is 0 Å². The Kier molecular flexibility index (Phi) is 4.39. The van der Waals surface area contributed by atoms with Gasteiger partial charge >= 0.3 is 0 Å². The molecule has 0 bridgehead atoms. The summed E-state index contributed by atoms with van der Waals surface area (Å²) in [6.45, 7) is 0. The summed E-state index contributed by atoms with van der Waals surface area (Å²) in [5, 5.41) is 9.36. The summed E-state index contributed by atoms with van der Waals surface area (Å²) < 4.78 is 7.36. The van der Waals surface area contributed by atoms with Gasteiger partial charge in [-0.25, -0.2) is 0 Å². The van der Waals surface area contributed by atoms with Crippen molar-refractivity contribution >= 4 is 11.8 Å². The molecule has 4 aromatic rings. The minimum absolute atomic E-state index is 0.731. The quantitative estimate of drug-likeness (QED) is 0.475. The highest BCUT2D eigenvalue weighted by atomic mass is 32.2. The topological polar surface area (TPSA) is 43.9 Å². The van der Waals surface area contributed by atoms with Crippen molar-refractivity contribution in [1.82, 2.24) is 14.8 Å². The molecule has 0 aliphatic heterocycles. The first-order valence-electron chi connectivity index (χ1n) is 8.02. The summed E-state index contributed by atoms with van der Waals surface area (Å²) in [6.07, 6.45) is 1.64. The van der Waals surface area contributed by atoms with Gasteiger partial charge in [-0.3, -0.25) is 0 Å². The highest BCUT2D eigenvalue weighted by Crippen LogP contribution is 2.26. The van der Waals surface area contributed by atoms with Gasteiger partial charge in [0.15, 0.2) is 16.7 Å². The lowest BCUT2D eigenvalue weighted by Crippen LogP contribution is -1.94. The third-order valence-corrected chi connectivity index (χ3v) is 5.10. The molecule has 0 radical (unpaired) electrons. The van der Waals surface area contributed by atoms with E-state index in [0.717, 1.165) is 22.5 Å². The van der Waals surface area contributed by atoms with Crippen LogP contribution >= 0.6 is 11.8 Å². The Morgan fingerprint density at radius 3 is 2.36 bits per heavy atom. The van der Waals surface area contributed by atoms with E-state index in [1.54, 1.807) is 18.0 Å². The van der Waals surface area contributed by atoms with Crippen molar-refractivity contribution in [1.29, 1.82) is 0 Å². The highest BCUT2D eigenvalue weighted by molar-refractivity contribution is 7.98. The van der Waals surface area contributed by atoms with E-state index in [1.807, 2.05) is 29.8 Å². The molecule has 124 valence electrons. The lowest BCUT2D eigenvalue weighted by Gasteiger charge is -2.05.